The normalized spacial score (nSPS) is 19.1. The van der Waals surface area contributed by atoms with Crippen molar-refractivity contribution in [3.05, 3.63) is 93.1 Å². The third kappa shape index (κ3) is 7.78. The van der Waals surface area contributed by atoms with Gasteiger partial charge in [0.1, 0.15) is 10.8 Å². The molecule has 3 aromatic rings. The van der Waals surface area contributed by atoms with Crippen molar-refractivity contribution in [3.8, 4) is 11.6 Å². The monoisotopic (exact) mass is 667 g/mol. The van der Waals surface area contributed by atoms with Gasteiger partial charge in [0.15, 0.2) is 11.6 Å². The van der Waals surface area contributed by atoms with E-state index in [0.29, 0.717) is 57.9 Å². The minimum atomic E-state index is -0.721. The van der Waals surface area contributed by atoms with E-state index in [1.165, 1.54) is 0 Å². The topological polar surface area (TPSA) is 93.2 Å². The summed E-state index contributed by atoms with van der Waals surface area (Å²) < 4.78 is 44.9. The first kappa shape index (κ1) is 33.3. The molecule has 47 heavy (non-hydrogen) atoms. The van der Waals surface area contributed by atoms with Gasteiger partial charge in [-0.2, -0.15) is 0 Å². The molecule has 0 spiro atoms. The van der Waals surface area contributed by atoms with Crippen LogP contribution in [0.5, 0.6) is 11.6 Å². The number of nitrogens with one attached hydrogen (secondary N) is 1. The number of hydrogen-bond acceptors (Lipinski definition) is 7. The van der Waals surface area contributed by atoms with E-state index in [0.717, 1.165) is 58.4 Å². The maximum Gasteiger partial charge on any atom is 0.252 e. The highest BCUT2D eigenvalue weighted by molar-refractivity contribution is 6.32. The largest absolute Gasteiger partial charge is 0.489 e. The van der Waals surface area contributed by atoms with Crippen LogP contribution in [-0.2, 0) is 22.5 Å². The number of pyridine rings is 1. The number of fused-ring (bicyclic) bond motifs is 2. The molecule has 3 heterocycles. The number of amides is 1. The molecule has 3 aliphatic rings. The number of aliphatic hydroxyl groups excluding tert-OH is 1. The van der Waals surface area contributed by atoms with Crippen molar-refractivity contribution >= 4 is 23.1 Å². The minimum Gasteiger partial charge on any atom is -0.489 e. The molecule has 11 heteroatoms. The lowest BCUT2D eigenvalue weighted by Crippen LogP contribution is -2.55. The van der Waals surface area contributed by atoms with Crippen LogP contribution in [0.25, 0.3) is 5.57 Å². The lowest BCUT2D eigenvalue weighted by atomic mass is 9.84. The number of carbonyl (C=O) groups is 1. The second kappa shape index (κ2) is 15.1. The first-order valence-corrected chi connectivity index (χ1v) is 16.6. The number of aromatic nitrogens is 1. The molecule has 8 nitrogen and oxygen atoms in total. The van der Waals surface area contributed by atoms with Crippen LogP contribution >= 0.6 is 11.6 Å². The quantitative estimate of drug-likeness (QED) is 0.166. The maximum atomic E-state index is 14.5. The van der Waals surface area contributed by atoms with Crippen LogP contribution in [0.3, 0.4) is 0 Å². The SMILES string of the molecule is Cc1c(CN(C(=O)C2=C(c3ccc(CCCOc4c(F)ccc(F)c4Cl)cc3)C[C@@H]3COC[C@H]2N3)C2CC2)ccnc1OCCCO. The van der Waals surface area contributed by atoms with E-state index in [2.05, 4.69) is 22.4 Å². The van der Waals surface area contributed by atoms with Gasteiger partial charge in [-0.3, -0.25) is 4.79 Å². The molecule has 1 amide bonds. The number of morpholine rings is 1. The number of nitrogens with zero attached hydrogens (tertiary/aromatic N) is 2. The fraction of sp³-hybridized carbons (Fsp3) is 0.444. The molecule has 2 aliphatic heterocycles. The molecule has 1 aliphatic carbocycles. The first-order chi connectivity index (χ1) is 22.8. The number of ether oxygens (including phenoxy) is 3. The standard InChI is InChI=1S/C36H40ClF2N3O5/c1-22-25(13-14-40-35(22)47-17-3-15-43)19-42(27-9-10-27)36(44)32-28(18-26-20-45-21-31(32)41-26)24-7-5-23(6-8-24)4-2-16-46-34-30(39)12-11-29(38)33(34)37/h5-8,11-14,26-27,31,41,43H,2-4,9-10,15-21H2,1H3/t26-,31-/m1/s1. The summed E-state index contributed by atoms with van der Waals surface area (Å²) in [6, 6.07) is 12.2. The van der Waals surface area contributed by atoms with Crippen molar-refractivity contribution in [1.29, 1.82) is 0 Å². The Morgan fingerprint density at radius 1 is 1.06 bits per heavy atom. The molecule has 0 unspecified atom stereocenters. The number of benzene rings is 2. The molecule has 1 aromatic heterocycles. The molecule has 2 aromatic carbocycles. The van der Waals surface area contributed by atoms with Crippen molar-refractivity contribution < 1.29 is 32.9 Å². The van der Waals surface area contributed by atoms with Crippen LogP contribution < -0.4 is 14.8 Å². The zero-order chi connectivity index (χ0) is 32.9. The van der Waals surface area contributed by atoms with Crippen LogP contribution in [0.2, 0.25) is 5.02 Å². The zero-order valence-electron chi connectivity index (χ0n) is 26.4. The Kier molecular flexibility index (Phi) is 10.7. The van der Waals surface area contributed by atoms with E-state index < -0.39 is 11.6 Å². The van der Waals surface area contributed by atoms with E-state index in [-0.39, 0.29) is 48.0 Å². The lowest BCUT2D eigenvalue weighted by molar-refractivity contribution is -0.129. The lowest BCUT2D eigenvalue weighted by Gasteiger charge is -2.40. The summed E-state index contributed by atoms with van der Waals surface area (Å²) in [6.45, 7) is 4.05. The third-order valence-electron chi connectivity index (χ3n) is 8.96. The highest BCUT2D eigenvalue weighted by atomic mass is 35.5. The fourth-order valence-corrected chi connectivity index (χ4v) is 6.48. The number of carbonyl (C=O) groups excluding carboxylic acids is 1. The molecule has 6 rings (SSSR count). The zero-order valence-corrected chi connectivity index (χ0v) is 27.2. The summed E-state index contributed by atoms with van der Waals surface area (Å²) in [5, 5.41) is 12.4. The van der Waals surface area contributed by atoms with Gasteiger partial charge < -0.3 is 29.5 Å². The second-order valence-corrected chi connectivity index (χ2v) is 12.7. The van der Waals surface area contributed by atoms with E-state index in [1.807, 2.05) is 30.0 Å². The van der Waals surface area contributed by atoms with Gasteiger partial charge >= 0.3 is 0 Å². The van der Waals surface area contributed by atoms with Crippen molar-refractivity contribution in [3.63, 3.8) is 0 Å². The van der Waals surface area contributed by atoms with Gasteiger partial charge in [-0.05, 0) is 79.5 Å². The minimum absolute atomic E-state index is 0.0207. The summed E-state index contributed by atoms with van der Waals surface area (Å²) in [5.74, 6) is -1.13. The Labute approximate surface area is 278 Å². The molecular formula is C36H40ClF2N3O5. The first-order valence-electron chi connectivity index (χ1n) is 16.3. The molecule has 2 atom stereocenters. The van der Waals surface area contributed by atoms with Gasteiger partial charge in [-0.15, -0.1) is 0 Å². The van der Waals surface area contributed by atoms with Gasteiger partial charge in [0, 0.05) is 49.0 Å². The summed E-state index contributed by atoms with van der Waals surface area (Å²) in [6.07, 6.45) is 6.10. The van der Waals surface area contributed by atoms with Crippen LogP contribution in [0, 0.1) is 18.6 Å². The summed E-state index contributed by atoms with van der Waals surface area (Å²) in [5.41, 5.74) is 5.76. The summed E-state index contributed by atoms with van der Waals surface area (Å²) >= 11 is 5.87. The Bertz CT molecular complexity index is 1610. The molecular weight excluding hydrogens is 628 g/mol. The van der Waals surface area contributed by atoms with Crippen LogP contribution in [0.1, 0.15) is 54.4 Å². The molecule has 2 bridgehead atoms. The van der Waals surface area contributed by atoms with Crippen molar-refractivity contribution in [2.75, 3.05) is 33.0 Å². The van der Waals surface area contributed by atoms with Gasteiger partial charge in [0.2, 0.25) is 5.88 Å². The molecule has 0 radical (unpaired) electrons. The number of rotatable bonds is 14. The Balaban J connectivity index is 1.19. The molecule has 1 saturated carbocycles. The van der Waals surface area contributed by atoms with E-state index in [9.17, 15) is 13.6 Å². The third-order valence-corrected chi connectivity index (χ3v) is 9.31. The predicted molar refractivity (Wildman–Crippen MR) is 174 cm³/mol. The second-order valence-electron chi connectivity index (χ2n) is 12.4. The molecule has 1 saturated heterocycles. The Hall–Kier alpha value is -3.57. The predicted octanol–water partition coefficient (Wildman–Crippen LogP) is 5.80. The highest BCUT2D eigenvalue weighted by Gasteiger charge is 2.41. The van der Waals surface area contributed by atoms with E-state index >= 15 is 0 Å². The van der Waals surface area contributed by atoms with Gasteiger partial charge in [-0.25, -0.2) is 13.8 Å². The average molecular weight is 668 g/mol. The Morgan fingerprint density at radius 2 is 1.83 bits per heavy atom. The summed E-state index contributed by atoms with van der Waals surface area (Å²) in [4.78, 5) is 20.9. The smallest absolute Gasteiger partial charge is 0.252 e. The molecule has 2 N–H and O–H groups in total. The number of halogens is 3. The van der Waals surface area contributed by atoms with Gasteiger partial charge in [-0.1, -0.05) is 35.9 Å². The number of hydrogen-bond donors (Lipinski definition) is 2. The van der Waals surface area contributed by atoms with Crippen LogP contribution in [0.15, 0.2) is 54.2 Å². The molecule has 250 valence electrons. The Morgan fingerprint density at radius 3 is 2.60 bits per heavy atom. The van der Waals surface area contributed by atoms with Gasteiger partial charge in [0.05, 0.1) is 32.5 Å². The van der Waals surface area contributed by atoms with Crippen molar-refractivity contribution in [2.45, 2.75) is 70.1 Å². The van der Waals surface area contributed by atoms with Crippen LogP contribution in [0.4, 0.5) is 8.78 Å². The van der Waals surface area contributed by atoms with E-state index in [1.54, 1.807) is 6.20 Å². The van der Waals surface area contributed by atoms with Crippen molar-refractivity contribution in [1.82, 2.24) is 15.2 Å². The van der Waals surface area contributed by atoms with Crippen molar-refractivity contribution in [2.24, 2.45) is 0 Å². The van der Waals surface area contributed by atoms with Gasteiger partial charge in [0.25, 0.3) is 5.91 Å². The number of aliphatic hydroxyl groups is 1. The van der Waals surface area contributed by atoms with E-state index in [4.69, 9.17) is 30.9 Å². The van der Waals surface area contributed by atoms with Crippen LogP contribution in [-0.4, -0.2) is 72.1 Å². The molecule has 2 fully saturated rings. The fourth-order valence-electron chi connectivity index (χ4n) is 6.27. The average Bonchev–Trinajstić information content (AvgIpc) is 3.92. The number of aryl methyl sites for hydroxylation is 1. The highest BCUT2D eigenvalue weighted by Crippen LogP contribution is 2.38. The maximum absolute atomic E-state index is 14.5. The summed E-state index contributed by atoms with van der Waals surface area (Å²) in [7, 11) is 0.